The van der Waals surface area contributed by atoms with Crippen LogP contribution in [0, 0.1) is 0 Å². The summed E-state index contributed by atoms with van der Waals surface area (Å²) in [6.45, 7) is 8.49. The molecule has 19 heavy (non-hydrogen) atoms. The molecule has 3 heterocycles. The van der Waals surface area contributed by atoms with Crippen molar-refractivity contribution in [3.8, 4) is 0 Å². The van der Waals surface area contributed by atoms with Gasteiger partial charge in [0.2, 0.25) is 0 Å². The molecule has 0 saturated carbocycles. The Labute approximate surface area is 116 Å². The second-order valence-corrected chi connectivity index (χ2v) is 6.70. The SMILES string of the molecule is CC(C)N1CC[C@H]2[C@@H](C1)c1cccc3c1N2CCC3. The van der Waals surface area contributed by atoms with Gasteiger partial charge >= 0.3 is 0 Å². The molecule has 0 radical (unpaired) electrons. The maximum absolute atomic E-state index is 2.75. The van der Waals surface area contributed by atoms with Gasteiger partial charge in [-0.05, 0) is 44.2 Å². The van der Waals surface area contributed by atoms with Crippen LogP contribution in [0.2, 0.25) is 0 Å². The minimum absolute atomic E-state index is 0.687. The van der Waals surface area contributed by atoms with Gasteiger partial charge < -0.3 is 9.80 Å². The summed E-state index contributed by atoms with van der Waals surface area (Å²) in [5.74, 6) is 0.754. The van der Waals surface area contributed by atoms with E-state index in [-0.39, 0.29) is 0 Å². The zero-order valence-electron chi connectivity index (χ0n) is 12.1. The van der Waals surface area contributed by atoms with E-state index in [0.29, 0.717) is 6.04 Å². The van der Waals surface area contributed by atoms with Crippen LogP contribution in [-0.2, 0) is 6.42 Å². The van der Waals surface area contributed by atoms with Gasteiger partial charge in [0.15, 0.2) is 0 Å². The number of likely N-dealkylation sites (tertiary alicyclic amines) is 1. The number of anilines is 1. The monoisotopic (exact) mass is 256 g/mol. The van der Waals surface area contributed by atoms with Crippen molar-refractivity contribution in [2.75, 3.05) is 24.5 Å². The van der Waals surface area contributed by atoms with Gasteiger partial charge in [-0.25, -0.2) is 0 Å². The first kappa shape index (κ1) is 11.8. The first-order valence-electron chi connectivity index (χ1n) is 7.88. The molecule has 0 amide bonds. The number of hydrogen-bond acceptors (Lipinski definition) is 2. The van der Waals surface area contributed by atoms with E-state index in [1.807, 2.05) is 0 Å². The summed E-state index contributed by atoms with van der Waals surface area (Å²) >= 11 is 0. The Morgan fingerprint density at radius 3 is 2.95 bits per heavy atom. The lowest BCUT2D eigenvalue weighted by Gasteiger charge is -2.41. The molecule has 2 heteroatoms. The third-order valence-electron chi connectivity index (χ3n) is 5.42. The fourth-order valence-electron chi connectivity index (χ4n) is 4.46. The number of nitrogens with zero attached hydrogens (tertiary/aromatic N) is 2. The molecule has 1 fully saturated rings. The minimum Gasteiger partial charge on any atom is -0.367 e. The van der Waals surface area contributed by atoms with Gasteiger partial charge in [0.25, 0.3) is 0 Å². The Bertz CT molecular complexity index is 494. The Morgan fingerprint density at radius 1 is 1.21 bits per heavy atom. The van der Waals surface area contributed by atoms with E-state index in [9.17, 15) is 0 Å². The maximum Gasteiger partial charge on any atom is 0.0438 e. The lowest BCUT2D eigenvalue weighted by Crippen LogP contribution is -2.48. The van der Waals surface area contributed by atoms with E-state index in [4.69, 9.17) is 0 Å². The molecule has 4 rings (SSSR count). The lowest BCUT2D eigenvalue weighted by atomic mass is 9.88. The zero-order valence-corrected chi connectivity index (χ0v) is 12.1. The van der Waals surface area contributed by atoms with Gasteiger partial charge in [0, 0.05) is 43.3 Å². The second kappa shape index (κ2) is 4.24. The van der Waals surface area contributed by atoms with Gasteiger partial charge in [-0.15, -0.1) is 0 Å². The average molecular weight is 256 g/mol. The Kier molecular flexibility index (Phi) is 2.63. The number of hydrogen-bond donors (Lipinski definition) is 0. The van der Waals surface area contributed by atoms with Crippen molar-refractivity contribution >= 4 is 5.69 Å². The summed E-state index contributed by atoms with van der Waals surface area (Å²) in [4.78, 5) is 5.41. The van der Waals surface area contributed by atoms with Crippen molar-refractivity contribution in [2.45, 2.75) is 51.1 Å². The van der Waals surface area contributed by atoms with Crippen molar-refractivity contribution in [3.63, 3.8) is 0 Å². The van der Waals surface area contributed by atoms with E-state index in [0.717, 1.165) is 12.0 Å². The molecule has 1 aromatic carbocycles. The van der Waals surface area contributed by atoms with Crippen molar-refractivity contribution < 1.29 is 0 Å². The molecule has 0 bridgehead atoms. The topological polar surface area (TPSA) is 6.48 Å². The summed E-state index contributed by atoms with van der Waals surface area (Å²) in [6, 6.07) is 8.50. The molecule has 1 aromatic rings. The van der Waals surface area contributed by atoms with E-state index < -0.39 is 0 Å². The molecule has 0 spiro atoms. The largest absolute Gasteiger partial charge is 0.367 e. The maximum atomic E-state index is 2.75. The molecule has 3 aliphatic heterocycles. The van der Waals surface area contributed by atoms with Crippen LogP contribution in [0.4, 0.5) is 5.69 Å². The van der Waals surface area contributed by atoms with Crippen LogP contribution < -0.4 is 4.90 Å². The smallest absolute Gasteiger partial charge is 0.0438 e. The van der Waals surface area contributed by atoms with Crippen molar-refractivity contribution in [1.29, 1.82) is 0 Å². The highest BCUT2D eigenvalue weighted by molar-refractivity contribution is 5.68. The highest BCUT2D eigenvalue weighted by Gasteiger charge is 2.43. The minimum atomic E-state index is 0.687. The molecular formula is C17H24N2. The summed E-state index contributed by atoms with van der Waals surface area (Å²) < 4.78 is 0. The van der Waals surface area contributed by atoms with Gasteiger partial charge in [-0.3, -0.25) is 0 Å². The molecule has 2 nitrogen and oxygen atoms in total. The standard InChI is InChI=1S/C17H24N2/c1-12(2)18-10-8-16-15(11-18)14-7-3-5-13-6-4-9-19(16)17(13)14/h3,5,7,12,15-16H,4,6,8-11H2,1-2H3/t15-,16-/m0/s1. The third-order valence-corrected chi connectivity index (χ3v) is 5.42. The number of benzene rings is 1. The summed E-state index contributed by atoms with van der Waals surface area (Å²) in [5.41, 5.74) is 4.87. The number of para-hydroxylation sites is 1. The number of fused-ring (bicyclic) bond motifs is 3. The third kappa shape index (κ3) is 1.66. The fourth-order valence-corrected chi connectivity index (χ4v) is 4.46. The van der Waals surface area contributed by atoms with Crippen LogP contribution in [0.5, 0.6) is 0 Å². The molecule has 0 N–H and O–H groups in total. The molecule has 0 aromatic heterocycles. The van der Waals surface area contributed by atoms with E-state index in [1.54, 1.807) is 16.8 Å². The Balaban J connectivity index is 1.74. The Hall–Kier alpha value is -1.02. The summed E-state index contributed by atoms with van der Waals surface area (Å²) in [6.07, 6.45) is 3.97. The Morgan fingerprint density at radius 2 is 2.11 bits per heavy atom. The number of rotatable bonds is 1. The highest BCUT2D eigenvalue weighted by atomic mass is 15.2. The lowest BCUT2D eigenvalue weighted by molar-refractivity contribution is 0.156. The highest BCUT2D eigenvalue weighted by Crippen LogP contribution is 2.48. The van der Waals surface area contributed by atoms with E-state index in [2.05, 4.69) is 41.8 Å². The predicted octanol–water partition coefficient (Wildman–Crippen LogP) is 3.02. The first-order chi connectivity index (χ1) is 9.25. The summed E-state index contributed by atoms with van der Waals surface area (Å²) in [7, 11) is 0. The van der Waals surface area contributed by atoms with E-state index in [1.165, 1.54) is 38.9 Å². The molecule has 102 valence electrons. The van der Waals surface area contributed by atoms with Crippen LogP contribution in [0.25, 0.3) is 0 Å². The van der Waals surface area contributed by atoms with Gasteiger partial charge in [0.1, 0.15) is 0 Å². The first-order valence-corrected chi connectivity index (χ1v) is 7.88. The van der Waals surface area contributed by atoms with Crippen molar-refractivity contribution in [1.82, 2.24) is 4.90 Å². The zero-order chi connectivity index (χ0) is 13.0. The van der Waals surface area contributed by atoms with Crippen LogP contribution in [0.3, 0.4) is 0 Å². The van der Waals surface area contributed by atoms with E-state index >= 15 is 0 Å². The normalized spacial score (nSPS) is 29.5. The second-order valence-electron chi connectivity index (χ2n) is 6.70. The molecule has 3 aliphatic rings. The van der Waals surface area contributed by atoms with Crippen LogP contribution in [0.1, 0.15) is 43.7 Å². The summed E-state index contributed by atoms with van der Waals surface area (Å²) in [5, 5.41) is 0. The average Bonchev–Trinajstić information content (AvgIpc) is 2.76. The van der Waals surface area contributed by atoms with Crippen LogP contribution in [-0.4, -0.2) is 36.6 Å². The van der Waals surface area contributed by atoms with Gasteiger partial charge in [-0.2, -0.15) is 0 Å². The fraction of sp³-hybridized carbons (Fsp3) is 0.647. The molecule has 2 atom stereocenters. The molecule has 1 saturated heterocycles. The number of aryl methyl sites for hydroxylation is 1. The van der Waals surface area contributed by atoms with Gasteiger partial charge in [0.05, 0.1) is 0 Å². The molecule has 0 aliphatic carbocycles. The van der Waals surface area contributed by atoms with Crippen LogP contribution >= 0.6 is 0 Å². The molecular weight excluding hydrogens is 232 g/mol. The van der Waals surface area contributed by atoms with Crippen molar-refractivity contribution in [3.05, 3.63) is 29.3 Å². The molecule has 0 unspecified atom stereocenters. The van der Waals surface area contributed by atoms with Crippen molar-refractivity contribution in [2.24, 2.45) is 0 Å². The van der Waals surface area contributed by atoms with Gasteiger partial charge in [-0.1, -0.05) is 18.2 Å². The van der Waals surface area contributed by atoms with Crippen LogP contribution in [0.15, 0.2) is 18.2 Å². The predicted molar refractivity (Wildman–Crippen MR) is 80.0 cm³/mol. The number of piperidine rings is 1. The quantitative estimate of drug-likeness (QED) is 0.762.